The summed E-state index contributed by atoms with van der Waals surface area (Å²) in [5.41, 5.74) is 0. The molecule has 15 heavy (non-hydrogen) atoms. The summed E-state index contributed by atoms with van der Waals surface area (Å²) in [4.78, 5) is 21.5. The SMILES string of the molecule is CC(=O)NC(CNC1CC(C)C1)C(=O)O. The molecule has 0 bridgehead atoms. The predicted octanol–water partition coefficient (Wildman–Crippen LogP) is -0.0362. The average molecular weight is 214 g/mol. The Morgan fingerprint density at radius 2 is 2.07 bits per heavy atom. The van der Waals surface area contributed by atoms with Gasteiger partial charge in [-0.3, -0.25) is 4.79 Å². The zero-order valence-electron chi connectivity index (χ0n) is 9.12. The molecule has 0 aliphatic heterocycles. The molecule has 1 aliphatic rings. The molecule has 0 spiro atoms. The van der Waals surface area contributed by atoms with E-state index in [4.69, 9.17) is 5.11 Å². The van der Waals surface area contributed by atoms with Crippen LogP contribution in [-0.4, -0.2) is 35.6 Å². The van der Waals surface area contributed by atoms with Gasteiger partial charge in [0.1, 0.15) is 6.04 Å². The van der Waals surface area contributed by atoms with Crippen LogP contribution in [0.15, 0.2) is 0 Å². The van der Waals surface area contributed by atoms with Crippen LogP contribution in [0.5, 0.6) is 0 Å². The van der Waals surface area contributed by atoms with Crippen molar-refractivity contribution in [3.63, 3.8) is 0 Å². The van der Waals surface area contributed by atoms with E-state index in [-0.39, 0.29) is 5.91 Å². The second-order valence-electron chi connectivity index (χ2n) is 4.27. The lowest BCUT2D eigenvalue weighted by Crippen LogP contribution is -2.51. The summed E-state index contributed by atoms with van der Waals surface area (Å²) in [6, 6.07) is -0.408. The Bertz CT molecular complexity index is 249. The largest absolute Gasteiger partial charge is 0.480 e. The Morgan fingerprint density at radius 3 is 2.47 bits per heavy atom. The second-order valence-corrected chi connectivity index (χ2v) is 4.27. The van der Waals surface area contributed by atoms with Crippen LogP contribution in [-0.2, 0) is 9.59 Å². The first kappa shape index (κ1) is 12.0. The molecule has 0 aromatic carbocycles. The monoisotopic (exact) mass is 214 g/mol. The Labute approximate surface area is 89.2 Å². The highest BCUT2D eigenvalue weighted by Gasteiger charge is 2.27. The third kappa shape index (κ3) is 3.87. The van der Waals surface area contributed by atoms with Crippen LogP contribution in [0, 0.1) is 5.92 Å². The minimum atomic E-state index is -0.995. The summed E-state index contributed by atoms with van der Waals surface area (Å²) in [7, 11) is 0. The van der Waals surface area contributed by atoms with Gasteiger partial charge in [-0.25, -0.2) is 4.79 Å². The van der Waals surface area contributed by atoms with E-state index in [0.29, 0.717) is 12.6 Å². The molecule has 1 aliphatic carbocycles. The van der Waals surface area contributed by atoms with E-state index >= 15 is 0 Å². The predicted molar refractivity (Wildman–Crippen MR) is 55.4 cm³/mol. The molecule has 5 nitrogen and oxygen atoms in total. The lowest BCUT2D eigenvalue weighted by atomic mass is 9.82. The Balaban J connectivity index is 2.25. The van der Waals surface area contributed by atoms with Gasteiger partial charge in [-0.05, 0) is 18.8 Å². The molecular weight excluding hydrogens is 196 g/mol. The molecule has 0 aromatic rings. The molecule has 86 valence electrons. The number of hydrogen-bond acceptors (Lipinski definition) is 3. The third-order valence-corrected chi connectivity index (χ3v) is 2.66. The van der Waals surface area contributed by atoms with Crippen molar-refractivity contribution >= 4 is 11.9 Å². The molecule has 5 heteroatoms. The molecule has 0 radical (unpaired) electrons. The van der Waals surface area contributed by atoms with Gasteiger partial charge in [0.15, 0.2) is 0 Å². The number of carbonyl (C=O) groups excluding carboxylic acids is 1. The fourth-order valence-corrected chi connectivity index (χ4v) is 1.80. The molecule has 0 saturated heterocycles. The first-order chi connectivity index (χ1) is 6.99. The maximum absolute atomic E-state index is 10.8. The van der Waals surface area contributed by atoms with Crippen molar-refractivity contribution in [2.45, 2.75) is 38.8 Å². The molecular formula is C10H18N2O3. The van der Waals surface area contributed by atoms with Gasteiger partial charge in [-0.1, -0.05) is 6.92 Å². The van der Waals surface area contributed by atoms with E-state index in [9.17, 15) is 9.59 Å². The summed E-state index contributed by atoms with van der Waals surface area (Å²) in [6.07, 6.45) is 2.18. The van der Waals surface area contributed by atoms with E-state index in [2.05, 4.69) is 17.6 Å². The number of carbonyl (C=O) groups is 2. The Hall–Kier alpha value is -1.10. The van der Waals surface area contributed by atoms with Crippen LogP contribution >= 0.6 is 0 Å². The van der Waals surface area contributed by atoms with Crippen LogP contribution in [0.4, 0.5) is 0 Å². The molecule has 1 unspecified atom stereocenters. The van der Waals surface area contributed by atoms with Crippen molar-refractivity contribution in [2.75, 3.05) is 6.54 Å². The first-order valence-corrected chi connectivity index (χ1v) is 5.22. The number of amides is 1. The van der Waals surface area contributed by atoms with E-state index in [0.717, 1.165) is 18.8 Å². The molecule has 1 rings (SSSR count). The average Bonchev–Trinajstić information content (AvgIpc) is 2.07. The van der Waals surface area contributed by atoms with Gasteiger partial charge >= 0.3 is 5.97 Å². The van der Waals surface area contributed by atoms with Crippen LogP contribution in [0.25, 0.3) is 0 Å². The summed E-state index contributed by atoms with van der Waals surface area (Å²) < 4.78 is 0. The highest BCUT2D eigenvalue weighted by molar-refractivity contribution is 5.82. The summed E-state index contributed by atoms with van der Waals surface area (Å²) >= 11 is 0. The van der Waals surface area contributed by atoms with E-state index in [1.165, 1.54) is 6.92 Å². The number of nitrogens with one attached hydrogen (secondary N) is 2. The fourth-order valence-electron chi connectivity index (χ4n) is 1.80. The van der Waals surface area contributed by atoms with Gasteiger partial charge in [-0.15, -0.1) is 0 Å². The normalized spacial score (nSPS) is 26.5. The van der Waals surface area contributed by atoms with Crippen molar-refractivity contribution < 1.29 is 14.7 Å². The molecule has 1 saturated carbocycles. The maximum atomic E-state index is 10.8. The number of rotatable bonds is 5. The van der Waals surface area contributed by atoms with Crippen LogP contribution in [0.3, 0.4) is 0 Å². The topological polar surface area (TPSA) is 78.4 Å². The van der Waals surface area contributed by atoms with Crippen LogP contribution in [0.1, 0.15) is 26.7 Å². The van der Waals surface area contributed by atoms with E-state index < -0.39 is 12.0 Å². The fraction of sp³-hybridized carbons (Fsp3) is 0.800. The minimum absolute atomic E-state index is 0.298. The van der Waals surface area contributed by atoms with Gasteiger partial charge in [0.2, 0.25) is 5.91 Å². The lowest BCUT2D eigenvalue weighted by molar-refractivity contribution is -0.141. The summed E-state index contributed by atoms with van der Waals surface area (Å²) in [6.45, 7) is 3.79. The molecule has 3 N–H and O–H groups in total. The quantitative estimate of drug-likeness (QED) is 0.600. The van der Waals surface area contributed by atoms with Crippen molar-refractivity contribution in [1.82, 2.24) is 10.6 Å². The van der Waals surface area contributed by atoms with Gasteiger partial charge in [0.25, 0.3) is 0 Å². The van der Waals surface area contributed by atoms with Gasteiger partial charge in [-0.2, -0.15) is 0 Å². The Kier molecular flexibility index (Phi) is 4.08. The number of aliphatic carboxylic acids is 1. The molecule has 1 amide bonds. The highest BCUT2D eigenvalue weighted by atomic mass is 16.4. The van der Waals surface area contributed by atoms with E-state index in [1.54, 1.807) is 0 Å². The van der Waals surface area contributed by atoms with Gasteiger partial charge in [0, 0.05) is 19.5 Å². The van der Waals surface area contributed by atoms with Crippen molar-refractivity contribution in [3.8, 4) is 0 Å². The zero-order valence-corrected chi connectivity index (χ0v) is 9.12. The molecule has 1 atom stereocenters. The summed E-state index contributed by atoms with van der Waals surface area (Å²) in [5.74, 6) is -0.581. The number of hydrogen-bond donors (Lipinski definition) is 3. The van der Waals surface area contributed by atoms with Crippen LogP contribution < -0.4 is 10.6 Å². The number of carboxylic acids is 1. The van der Waals surface area contributed by atoms with Crippen LogP contribution in [0.2, 0.25) is 0 Å². The third-order valence-electron chi connectivity index (χ3n) is 2.66. The van der Waals surface area contributed by atoms with Crippen molar-refractivity contribution in [2.24, 2.45) is 5.92 Å². The Morgan fingerprint density at radius 1 is 1.47 bits per heavy atom. The smallest absolute Gasteiger partial charge is 0.327 e. The van der Waals surface area contributed by atoms with Gasteiger partial charge in [0.05, 0.1) is 0 Å². The molecule has 0 heterocycles. The lowest BCUT2D eigenvalue weighted by Gasteiger charge is -2.34. The molecule has 0 aromatic heterocycles. The number of carboxylic acid groups (broad SMARTS) is 1. The van der Waals surface area contributed by atoms with Crippen molar-refractivity contribution in [1.29, 1.82) is 0 Å². The zero-order chi connectivity index (χ0) is 11.4. The standard InChI is InChI=1S/C10H18N2O3/c1-6-3-8(4-6)11-5-9(10(14)15)12-7(2)13/h6,8-9,11H,3-5H2,1-2H3,(H,12,13)(H,14,15). The highest BCUT2D eigenvalue weighted by Crippen LogP contribution is 2.25. The first-order valence-electron chi connectivity index (χ1n) is 5.22. The second kappa shape index (κ2) is 5.11. The molecule has 1 fully saturated rings. The van der Waals surface area contributed by atoms with Gasteiger partial charge < -0.3 is 15.7 Å². The van der Waals surface area contributed by atoms with Crippen molar-refractivity contribution in [3.05, 3.63) is 0 Å². The summed E-state index contributed by atoms with van der Waals surface area (Å²) in [5, 5.41) is 14.4. The minimum Gasteiger partial charge on any atom is -0.480 e. The maximum Gasteiger partial charge on any atom is 0.327 e. The van der Waals surface area contributed by atoms with E-state index in [1.807, 2.05) is 0 Å².